The third-order valence-electron chi connectivity index (χ3n) is 2.21. The minimum atomic E-state index is -0.295. The largest absolute Gasteiger partial charge is 0.465 e. The van der Waals surface area contributed by atoms with E-state index >= 15 is 0 Å². The Bertz CT molecular complexity index is 353. The number of methoxy groups -OCH3 is 1. The van der Waals surface area contributed by atoms with Crippen LogP contribution >= 0.6 is 21.7 Å². The first-order valence-corrected chi connectivity index (χ1v) is 7.41. The Morgan fingerprint density at radius 1 is 1.41 bits per heavy atom. The summed E-state index contributed by atoms with van der Waals surface area (Å²) >= 11 is 0. The van der Waals surface area contributed by atoms with Crippen LogP contribution in [0.25, 0.3) is 0 Å². The predicted octanol–water partition coefficient (Wildman–Crippen LogP) is 4.24. The van der Waals surface area contributed by atoms with Crippen LogP contribution in [0.3, 0.4) is 0 Å². The molecule has 96 valence electrons. The van der Waals surface area contributed by atoms with Crippen LogP contribution < -0.4 is 0 Å². The summed E-state index contributed by atoms with van der Waals surface area (Å²) in [5.74, 6) is 0.580. The number of aryl methyl sites for hydroxylation is 2. The molecule has 0 atom stereocenters. The van der Waals surface area contributed by atoms with Crippen molar-refractivity contribution >= 4 is 27.6 Å². The molecule has 0 aliphatic heterocycles. The quantitative estimate of drug-likeness (QED) is 0.769. The molecule has 0 saturated carbocycles. The first-order valence-electron chi connectivity index (χ1n) is 5.60. The molecule has 1 rings (SSSR count). The fourth-order valence-electron chi connectivity index (χ4n) is 1.37. The normalized spacial score (nSPS) is 9.24. The van der Waals surface area contributed by atoms with Gasteiger partial charge in [0.2, 0.25) is 0 Å². The van der Waals surface area contributed by atoms with Crippen molar-refractivity contribution in [3.8, 4) is 0 Å². The maximum Gasteiger partial charge on any atom is 0.337 e. The van der Waals surface area contributed by atoms with Crippen molar-refractivity contribution in [2.24, 2.45) is 0 Å². The molecule has 1 aromatic carbocycles. The van der Waals surface area contributed by atoms with Crippen LogP contribution in [0.1, 0.15) is 35.3 Å². The van der Waals surface area contributed by atoms with Gasteiger partial charge in [-0.25, -0.2) is 4.79 Å². The lowest BCUT2D eigenvalue weighted by Gasteiger charge is -2.06. The lowest BCUT2D eigenvalue weighted by atomic mass is 10.0. The van der Waals surface area contributed by atoms with E-state index < -0.39 is 0 Å². The second-order valence-corrected chi connectivity index (χ2v) is 4.48. The molecule has 17 heavy (non-hydrogen) atoms. The maximum atomic E-state index is 11.2. The summed E-state index contributed by atoms with van der Waals surface area (Å²) in [6, 6.07) is 5.59. The molecule has 0 spiro atoms. The summed E-state index contributed by atoms with van der Waals surface area (Å²) in [6.07, 6.45) is 0.918. The van der Waals surface area contributed by atoms with Gasteiger partial charge in [0.1, 0.15) is 0 Å². The number of carbonyl (C=O) groups excluding carboxylic acids is 1. The third kappa shape index (κ3) is 5.46. The molecule has 0 fully saturated rings. The number of esters is 1. The Morgan fingerprint density at radius 3 is 2.53 bits per heavy atom. The van der Waals surface area contributed by atoms with Gasteiger partial charge in [-0.3, -0.25) is 0 Å². The Kier molecular flexibility index (Phi) is 9.00. The predicted molar refractivity (Wildman–Crippen MR) is 75.9 cm³/mol. The lowest BCUT2D eigenvalue weighted by molar-refractivity contribution is 0.0600. The van der Waals surface area contributed by atoms with E-state index in [9.17, 15) is 4.79 Å². The standard InChI is InChI=1S/C11H13ClO2S.C2H6/c1-8-7-10(11(13)14-2)4-3-9(8)5-6-15-12;1-2/h3-4,7H,5-6H2,1-2H3;1-2H3. The third-order valence-corrected chi connectivity index (χ3v) is 3.03. The highest BCUT2D eigenvalue weighted by atomic mass is 35.7. The monoisotopic (exact) mass is 274 g/mol. The number of rotatable bonds is 4. The number of ether oxygens (including phenoxy) is 1. The molecule has 0 unspecified atom stereocenters. The van der Waals surface area contributed by atoms with E-state index in [1.54, 1.807) is 6.07 Å². The Morgan fingerprint density at radius 2 is 2.06 bits per heavy atom. The van der Waals surface area contributed by atoms with E-state index in [2.05, 4.69) is 4.74 Å². The topological polar surface area (TPSA) is 26.3 Å². The SMILES string of the molecule is CC.COC(=O)c1ccc(CCSCl)c(C)c1. The van der Waals surface area contributed by atoms with Crippen LogP contribution in [0.4, 0.5) is 0 Å². The van der Waals surface area contributed by atoms with Crippen molar-refractivity contribution < 1.29 is 9.53 Å². The van der Waals surface area contributed by atoms with Crippen molar-refractivity contribution in [1.82, 2.24) is 0 Å². The fourth-order valence-corrected chi connectivity index (χ4v) is 1.90. The van der Waals surface area contributed by atoms with Gasteiger partial charge in [0, 0.05) is 5.75 Å². The first kappa shape index (κ1) is 16.3. The Labute approximate surface area is 112 Å². The molecule has 0 heterocycles. The summed E-state index contributed by atoms with van der Waals surface area (Å²) in [7, 11) is 8.24. The Balaban J connectivity index is 0.00000121. The van der Waals surface area contributed by atoms with E-state index in [4.69, 9.17) is 10.7 Å². The molecule has 0 N–H and O–H groups in total. The minimum absolute atomic E-state index is 0.295. The summed E-state index contributed by atoms with van der Waals surface area (Å²) in [5.41, 5.74) is 2.91. The van der Waals surface area contributed by atoms with Crippen molar-refractivity contribution in [3.05, 3.63) is 34.9 Å². The van der Waals surface area contributed by atoms with Gasteiger partial charge >= 0.3 is 5.97 Å². The van der Waals surface area contributed by atoms with Gasteiger partial charge in [-0.15, -0.1) is 0 Å². The lowest BCUT2D eigenvalue weighted by Crippen LogP contribution is -2.02. The van der Waals surface area contributed by atoms with Gasteiger partial charge < -0.3 is 4.74 Å². The van der Waals surface area contributed by atoms with E-state index in [1.807, 2.05) is 32.9 Å². The number of hydrogen-bond acceptors (Lipinski definition) is 3. The second kappa shape index (κ2) is 9.37. The smallest absolute Gasteiger partial charge is 0.337 e. The molecule has 1 aromatic rings. The number of hydrogen-bond donors (Lipinski definition) is 0. The molecular formula is C13H19ClO2S. The van der Waals surface area contributed by atoms with Gasteiger partial charge in [0.05, 0.1) is 12.7 Å². The Hall–Kier alpha value is -0.670. The van der Waals surface area contributed by atoms with Crippen LogP contribution in [0.5, 0.6) is 0 Å². The molecule has 2 nitrogen and oxygen atoms in total. The van der Waals surface area contributed by atoms with Gasteiger partial charge in [-0.05, 0) is 47.3 Å². The van der Waals surface area contributed by atoms with Crippen molar-refractivity contribution in [1.29, 1.82) is 0 Å². The van der Waals surface area contributed by atoms with Gasteiger partial charge in [-0.2, -0.15) is 0 Å². The second-order valence-electron chi connectivity index (χ2n) is 3.20. The summed E-state index contributed by atoms with van der Waals surface area (Å²) in [4.78, 5) is 11.2. The van der Waals surface area contributed by atoms with E-state index in [0.717, 1.165) is 17.7 Å². The molecular weight excluding hydrogens is 256 g/mol. The highest BCUT2D eigenvalue weighted by Crippen LogP contribution is 2.16. The molecule has 0 radical (unpaired) electrons. The molecule has 0 amide bonds. The van der Waals surface area contributed by atoms with E-state index in [-0.39, 0.29) is 5.97 Å². The number of carbonyl (C=O) groups is 1. The van der Waals surface area contributed by atoms with E-state index in [1.165, 1.54) is 23.6 Å². The molecule has 0 aromatic heterocycles. The first-order chi connectivity index (χ1) is 8.19. The van der Waals surface area contributed by atoms with Crippen LogP contribution in [-0.4, -0.2) is 18.8 Å². The van der Waals surface area contributed by atoms with Crippen molar-refractivity contribution in [3.63, 3.8) is 0 Å². The van der Waals surface area contributed by atoms with Crippen molar-refractivity contribution in [2.75, 3.05) is 12.9 Å². The average molecular weight is 275 g/mol. The highest BCUT2D eigenvalue weighted by Gasteiger charge is 2.07. The van der Waals surface area contributed by atoms with E-state index in [0.29, 0.717) is 5.56 Å². The van der Waals surface area contributed by atoms with Crippen LogP contribution in [0, 0.1) is 6.92 Å². The fraction of sp³-hybridized carbons (Fsp3) is 0.462. The molecule has 0 aliphatic carbocycles. The van der Waals surface area contributed by atoms with Crippen LogP contribution in [0.15, 0.2) is 18.2 Å². The molecule has 0 saturated heterocycles. The van der Waals surface area contributed by atoms with Gasteiger partial charge in [-0.1, -0.05) is 30.9 Å². The molecule has 4 heteroatoms. The number of halogens is 1. The molecule has 0 bridgehead atoms. The zero-order valence-electron chi connectivity index (χ0n) is 10.7. The van der Waals surface area contributed by atoms with Gasteiger partial charge in [0.15, 0.2) is 0 Å². The van der Waals surface area contributed by atoms with Gasteiger partial charge in [0.25, 0.3) is 0 Å². The average Bonchev–Trinajstić information content (AvgIpc) is 2.38. The summed E-state index contributed by atoms with van der Waals surface area (Å²) in [5, 5.41) is 0. The highest BCUT2D eigenvalue weighted by molar-refractivity contribution is 8.21. The minimum Gasteiger partial charge on any atom is -0.465 e. The van der Waals surface area contributed by atoms with Crippen molar-refractivity contribution in [2.45, 2.75) is 27.2 Å². The number of benzene rings is 1. The molecule has 0 aliphatic rings. The zero-order chi connectivity index (χ0) is 13.3. The van der Waals surface area contributed by atoms with Crippen LogP contribution in [0.2, 0.25) is 0 Å². The maximum absolute atomic E-state index is 11.2. The zero-order valence-corrected chi connectivity index (χ0v) is 12.3. The summed E-state index contributed by atoms with van der Waals surface area (Å²) < 4.78 is 4.65. The van der Waals surface area contributed by atoms with Crippen LogP contribution in [-0.2, 0) is 11.2 Å². The summed E-state index contributed by atoms with van der Waals surface area (Å²) in [6.45, 7) is 5.99.